The standard InChI is InChI=1S/C56H101NO5/c1-3-5-7-9-11-13-15-17-18-19-22-26-30-34-38-42-46-50-56(61)62-51-47-43-39-35-31-27-23-20-21-25-29-33-37-41-45-49-55(60)57-53(52-58)54(59)48-44-40-36-32-28-24-16-14-12-10-8-6-4-2/h11,13,17-18,20,23,27,31,44,48,53-54,58-59H,3-10,12,14-16,19,21-22,24-26,28-30,32-43,45-47,49-52H2,1-2H3,(H,57,60)/b13-11-,18-17-,23-20-,31-27-,48-44+. The highest BCUT2D eigenvalue weighted by atomic mass is 16.5. The fourth-order valence-corrected chi connectivity index (χ4v) is 7.65. The molecule has 0 rings (SSSR count). The van der Waals surface area contributed by atoms with Gasteiger partial charge < -0.3 is 20.3 Å². The Labute approximate surface area is 384 Å². The molecule has 0 spiro atoms. The van der Waals surface area contributed by atoms with Gasteiger partial charge in [0.25, 0.3) is 0 Å². The minimum atomic E-state index is -0.859. The van der Waals surface area contributed by atoms with Gasteiger partial charge in [0.1, 0.15) is 0 Å². The molecule has 3 N–H and O–H groups in total. The van der Waals surface area contributed by atoms with Crippen LogP contribution in [-0.2, 0) is 14.3 Å². The molecule has 0 saturated carbocycles. The number of aliphatic hydroxyl groups is 2. The molecular weight excluding hydrogens is 767 g/mol. The third kappa shape index (κ3) is 47.0. The van der Waals surface area contributed by atoms with E-state index in [9.17, 15) is 19.8 Å². The molecule has 1 amide bonds. The Bertz CT molecular complexity index is 1090. The average Bonchev–Trinajstić information content (AvgIpc) is 3.27. The second-order valence-electron chi connectivity index (χ2n) is 17.9. The van der Waals surface area contributed by atoms with Gasteiger partial charge in [0, 0.05) is 12.8 Å². The molecule has 0 aromatic rings. The molecule has 2 atom stereocenters. The van der Waals surface area contributed by atoms with E-state index in [1.54, 1.807) is 6.08 Å². The highest BCUT2D eigenvalue weighted by molar-refractivity contribution is 5.76. The Morgan fingerprint density at radius 2 is 0.855 bits per heavy atom. The van der Waals surface area contributed by atoms with Crippen LogP contribution in [0.1, 0.15) is 258 Å². The van der Waals surface area contributed by atoms with Crippen LogP contribution in [0.25, 0.3) is 0 Å². The number of rotatable bonds is 48. The number of hydrogen-bond acceptors (Lipinski definition) is 5. The fraction of sp³-hybridized carbons (Fsp3) is 0.786. The van der Waals surface area contributed by atoms with Crippen molar-refractivity contribution < 1.29 is 24.5 Å². The molecule has 6 heteroatoms. The lowest BCUT2D eigenvalue weighted by atomic mass is 10.0. The van der Waals surface area contributed by atoms with Crippen molar-refractivity contribution in [2.45, 2.75) is 270 Å². The first-order chi connectivity index (χ1) is 30.5. The molecule has 0 aliphatic heterocycles. The van der Waals surface area contributed by atoms with Gasteiger partial charge in [-0.05, 0) is 96.3 Å². The summed E-state index contributed by atoms with van der Waals surface area (Å²) in [5.74, 6) is -0.125. The van der Waals surface area contributed by atoms with E-state index < -0.39 is 12.1 Å². The molecule has 6 nitrogen and oxygen atoms in total. The first kappa shape index (κ1) is 59.6. The number of amides is 1. The summed E-state index contributed by atoms with van der Waals surface area (Å²) in [6, 6.07) is -0.645. The summed E-state index contributed by atoms with van der Waals surface area (Å²) in [6.07, 6.45) is 65.1. The summed E-state index contributed by atoms with van der Waals surface area (Å²) in [5.41, 5.74) is 0. The van der Waals surface area contributed by atoms with Gasteiger partial charge in [-0.1, -0.05) is 209 Å². The number of unbranched alkanes of at least 4 members (excludes halogenated alkanes) is 30. The summed E-state index contributed by atoms with van der Waals surface area (Å²) in [4.78, 5) is 24.4. The maximum Gasteiger partial charge on any atom is 0.305 e. The number of aliphatic hydroxyl groups excluding tert-OH is 2. The van der Waals surface area contributed by atoms with Crippen molar-refractivity contribution >= 4 is 11.9 Å². The van der Waals surface area contributed by atoms with E-state index in [1.165, 1.54) is 148 Å². The van der Waals surface area contributed by atoms with Crippen molar-refractivity contribution in [1.82, 2.24) is 5.32 Å². The Hall–Kier alpha value is -2.44. The minimum Gasteiger partial charge on any atom is -0.466 e. The zero-order valence-corrected chi connectivity index (χ0v) is 40.8. The van der Waals surface area contributed by atoms with Crippen LogP contribution in [0.15, 0.2) is 60.8 Å². The predicted molar refractivity (Wildman–Crippen MR) is 268 cm³/mol. The Kier molecular flexibility index (Phi) is 49.2. The van der Waals surface area contributed by atoms with Crippen molar-refractivity contribution in [3.63, 3.8) is 0 Å². The number of carbonyl (C=O) groups excluding carboxylic acids is 2. The highest BCUT2D eigenvalue weighted by Crippen LogP contribution is 2.14. The Balaban J connectivity index is 3.56. The van der Waals surface area contributed by atoms with Gasteiger partial charge in [0.05, 0.1) is 25.4 Å². The first-order valence-electron chi connectivity index (χ1n) is 26.6. The zero-order valence-electron chi connectivity index (χ0n) is 40.8. The van der Waals surface area contributed by atoms with Crippen LogP contribution in [0, 0.1) is 0 Å². The summed E-state index contributed by atoms with van der Waals surface area (Å²) >= 11 is 0. The SMILES string of the molecule is CCCCC/C=C\C/C=C\CCCCCCCCCC(=O)OCCCCC/C=C\C=C/CCCCCCCCC(=O)NC(CO)C(O)/C=C/CCCCCCCCCCCCC. The lowest BCUT2D eigenvalue weighted by Gasteiger charge is -2.20. The van der Waals surface area contributed by atoms with Crippen molar-refractivity contribution in [3.05, 3.63) is 60.8 Å². The zero-order chi connectivity index (χ0) is 45.1. The fourth-order valence-electron chi connectivity index (χ4n) is 7.65. The van der Waals surface area contributed by atoms with E-state index in [0.717, 1.165) is 83.5 Å². The van der Waals surface area contributed by atoms with Crippen LogP contribution >= 0.6 is 0 Å². The van der Waals surface area contributed by atoms with Gasteiger partial charge in [0.15, 0.2) is 0 Å². The summed E-state index contributed by atoms with van der Waals surface area (Å²) in [6.45, 7) is 4.80. The molecule has 0 aromatic carbocycles. The van der Waals surface area contributed by atoms with Crippen LogP contribution in [0.5, 0.6) is 0 Å². The van der Waals surface area contributed by atoms with E-state index in [2.05, 4.69) is 67.8 Å². The second kappa shape index (κ2) is 51.2. The Morgan fingerprint density at radius 1 is 0.468 bits per heavy atom. The third-order valence-corrected chi connectivity index (χ3v) is 11.8. The van der Waals surface area contributed by atoms with Crippen LogP contribution in [-0.4, -0.2) is 47.4 Å². The predicted octanol–water partition coefficient (Wildman–Crippen LogP) is 16.0. The largest absolute Gasteiger partial charge is 0.466 e. The van der Waals surface area contributed by atoms with Gasteiger partial charge in [0.2, 0.25) is 5.91 Å². The minimum absolute atomic E-state index is 0.0318. The molecular formula is C56H101NO5. The molecule has 0 heterocycles. The molecule has 2 unspecified atom stereocenters. The molecule has 0 fully saturated rings. The Morgan fingerprint density at radius 3 is 1.35 bits per heavy atom. The van der Waals surface area contributed by atoms with Crippen LogP contribution in [0.3, 0.4) is 0 Å². The molecule has 0 bridgehead atoms. The van der Waals surface area contributed by atoms with Gasteiger partial charge in [-0.2, -0.15) is 0 Å². The van der Waals surface area contributed by atoms with Crippen molar-refractivity contribution in [2.24, 2.45) is 0 Å². The van der Waals surface area contributed by atoms with Gasteiger partial charge in [-0.25, -0.2) is 0 Å². The first-order valence-corrected chi connectivity index (χ1v) is 26.6. The summed E-state index contributed by atoms with van der Waals surface area (Å²) in [5, 5.41) is 23.0. The maximum atomic E-state index is 12.4. The summed E-state index contributed by atoms with van der Waals surface area (Å²) in [7, 11) is 0. The third-order valence-electron chi connectivity index (χ3n) is 11.8. The van der Waals surface area contributed by atoms with Gasteiger partial charge in [-0.3, -0.25) is 9.59 Å². The van der Waals surface area contributed by atoms with Crippen molar-refractivity contribution in [3.8, 4) is 0 Å². The van der Waals surface area contributed by atoms with E-state index in [1.807, 2.05) is 6.08 Å². The number of carbonyl (C=O) groups is 2. The molecule has 0 aliphatic rings. The van der Waals surface area contributed by atoms with Crippen LogP contribution in [0.2, 0.25) is 0 Å². The molecule has 0 radical (unpaired) electrons. The highest BCUT2D eigenvalue weighted by Gasteiger charge is 2.18. The lowest BCUT2D eigenvalue weighted by Crippen LogP contribution is -2.45. The summed E-state index contributed by atoms with van der Waals surface area (Å²) < 4.78 is 5.44. The topological polar surface area (TPSA) is 95.9 Å². The number of ether oxygens (including phenoxy) is 1. The van der Waals surface area contributed by atoms with Crippen molar-refractivity contribution in [1.29, 1.82) is 0 Å². The van der Waals surface area contributed by atoms with E-state index in [-0.39, 0.29) is 18.5 Å². The molecule has 62 heavy (non-hydrogen) atoms. The van der Waals surface area contributed by atoms with E-state index in [0.29, 0.717) is 19.4 Å². The normalized spacial score (nSPS) is 13.2. The van der Waals surface area contributed by atoms with Gasteiger partial charge >= 0.3 is 5.97 Å². The van der Waals surface area contributed by atoms with Crippen LogP contribution in [0.4, 0.5) is 0 Å². The second-order valence-corrected chi connectivity index (χ2v) is 17.9. The van der Waals surface area contributed by atoms with Crippen LogP contribution < -0.4 is 5.32 Å². The monoisotopic (exact) mass is 868 g/mol. The molecule has 0 aliphatic carbocycles. The average molecular weight is 868 g/mol. The van der Waals surface area contributed by atoms with E-state index in [4.69, 9.17) is 4.74 Å². The van der Waals surface area contributed by atoms with Crippen molar-refractivity contribution in [2.75, 3.05) is 13.2 Å². The molecule has 0 saturated heterocycles. The van der Waals surface area contributed by atoms with Gasteiger partial charge in [-0.15, -0.1) is 0 Å². The molecule has 360 valence electrons. The number of hydrogen-bond donors (Lipinski definition) is 3. The number of allylic oxidation sites excluding steroid dienone is 9. The van der Waals surface area contributed by atoms with E-state index >= 15 is 0 Å². The quantitative estimate of drug-likeness (QED) is 0.0245. The number of nitrogens with one attached hydrogen (secondary N) is 1. The lowest BCUT2D eigenvalue weighted by molar-refractivity contribution is -0.143. The maximum absolute atomic E-state index is 12.4. The number of esters is 1. The molecule has 0 aromatic heterocycles. The smallest absolute Gasteiger partial charge is 0.305 e.